The quantitative estimate of drug-likeness (QED) is 0.485. The largest absolute Gasteiger partial charge is 0.350 e. The second-order valence-electron chi connectivity index (χ2n) is 5.03. The Hall–Kier alpha value is -1.17. The fraction of sp³-hybridized carbons (Fsp3) is 0.200. The van der Waals surface area contributed by atoms with E-state index in [9.17, 15) is 17.2 Å². The molecule has 0 heterocycles. The Kier molecular flexibility index (Phi) is 6.83. The highest BCUT2D eigenvalue weighted by Crippen LogP contribution is 2.34. The Balaban J connectivity index is 2.40. The van der Waals surface area contributed by atoms with Crippen LogP contribution in [0.15, 0.2) is 30.3 Å². The van der Waals surface area contributed by atoms with Crippen molar-refractivity contribution in [1.29, 1.82) is 0 Å². The number of benzene rings is 2. The molecule has 0 atom stereocenters. The van der Waals surface area contributed by atoms with E-state index in [0.717, 1.165) is 15.7 Å². The first-order valence-electron chi connectivity index (χ1n) is 7.21. The Morgan fingerprint density at radius 3 is 2.48 bits per heavy atom. The van der Waals surface area contributed by atoms with Gasteiger partial charge in [0.1, 0.15) is 5.69 Å². The molecule has 0 bridgehead atoms. The third kappa shape index (κ3) is 5.40. The molecule has 0 spiro atoms. The van der Waals surface area contributed by atoms with Crippen LogP contribution in [0.4, 0.5) is 25.8 Å². The predicted molar refractivity (Wildman–Crippen MR) is 105 cm³/mol. The standard InChI is InChI=1S/C15H15ClF2IN3O2S/c1-2-7-20-25(23,24)22-13-6-4-11(17)14(18)15(13)21-12-5-3-9(19)8-10(12)16/h3-6,8,20-22H,2,7H2,1H3. The molecule has 0 unspecified atom stereocenters. The summed E-state index contributed by atoms with van der Waals surface area (Å²) >= 11 is 8.15. The fourth-order valence-corrected chi connectivity index (χ4v) is 3.81. The van der Waals surface area contributed by atoms with Crippen LogP contribution in [-0.4, -0.2) is 15.0 Å². The third-order valence-electron chi connectivity index (χ3n) is 3.07. The van der Waals surface area contributed by atoms with Crippen LogP contribution in [0.3, 0.4) is 0 Å². The monoisotopic (exact) mass is 501 g/mol. The molecule has 0 radical (unpaired) electrons. The van der Waals surface area contributed by atoms with Crippen LogP contribution in [0.25, 0.3) is 0 Å². The maximum absolute atomic E-state index is 14.2. The van der Waals surface area contributed by atoms with Gasteiger partial charge in [0.05, 0.1) is 16.4 Å². The molecule has 2 aromatic rings. The van der Waals surface area contributed by atoms with Crippen molar-refractivity contribution in [2.24, 2.45) is 0 Å². The van der Waals surface area contributed by atoms with E-state index in [1.165, 1.54) is 0 Å². The Morgan fingerprint density at radius 2 is 1.84 bits per heavy atom. The molecular weight excluding hydrogens is 487 g/mol. The highest BCUT2D eigenvalue weighted by molar-refractivity contribution is 14.1. The second kappa shape index (κ2) is 8.47. The van der Waals surface area contributed by atoms with Gasteiger partial charge >= 0.3 is 0 Å². The summed E-state index contributed by atoms with van der Waals surface area (Å²) in [5.41, 5.74) is -0.185. The molecule has 0 aromatic heterocycles. The highest BCUT2D eigenvalue weighted by Gasteiger charge is 2.19. The SMILES string of the molecule is CCCNS(=O)(=O)Nc1ccc(F)c(F)c1Nc1ccc(I)cc1Cl. The summed E-state index contributed by atoms with van der Waals surface area (Å²) < 4.78 is 57.2. The molecular formula is C15H15ClF2IN3O2S. The summed E-state index contributed by atoms with van der Waals surface area (Å²) in [6.07, 6.45) is 0.585. The number of halogens is 4. The van der Waals surface area contributed by atoms with Gasteiger partial charge in [-0.15, -0.1) is 0 Å². The van der Waals surface area contributed by atoms with Crippen molar-refractivity contribution >= 4 is 61.5 Å². The van der Waals surface area contributed by atoms with Crippen LogP contribution in [0.2, 0.25) is 5.02 Å². The summed E-state index contributed by atoms with van der Waals surface area (Å²) in [4.78, 5) is 0. The molecule has 3 N–H and O–H groups in total. The van der Waals surface area contributed by atoms with Crippen LogP contribution in [0, 0.1) is 15.2 Å². The number of rotatable bonds is 7. The van der Waals surface area contributed by atoms with Crippen LogP contribution in [-0.2, 0) is 10.2 Å². The number of hydrogen-bond acceptors (Lipinski definition) is 3. The first kappa shape index (κ1) is 20.1. The average molecular weight is 502 g/mol. The lowest BCUT2D eigenvalue weighted by atomic mass is 10.2. The minimum Gasteiger partial charge on any atom is -0.350 e. The molecule has 25 heavy (non-hydrogen) atoms. The maximum Gasteiger partial charge on any atom is 0.299 e. The normalized spacial score (nSPS) is 11.4. The smallest absolute Gasteiger partial charge is 0.299 e. The van der Waals surface area contributed by atoms with Crippen LogP contribution in [0.5, 0.6) is 0 Å². The Bertz CT molecular complexity index is 881. The molecule has 136 valence electrons. The summed E-state index contributed by atoms with van der Waals surface area (Å²) in [5, 5.41) is 2.94. The van der Waals surface area contributed by atoms with E-state index < -0.39 is 21.8 Å². The van der Waals surface area contributed by atoms with Crippen molar-refractivity contribution in [3.05, 3.63) is 50.6 Å². The lowest BCUT2D eigenvalue weighted by molar-refractivity contribution is 0.512. The van der Waals surface area contributed by atoms with Crippen LogP contribution in [0.1, 0.15) is 13.3 Å². The second-order valence-corrected chi connectivity index (χ2v) is 8.19. The van der Waals surface area contributed by atoms with Crippen LogP contribution < -0.4 is 14.8 Å². The summed E-state index contributed by atoms with van der Waals surface area (Å²) in [7, 11) is -3.92. The first-order chi connectivity index (χ1) is 11.7. The van der Waals surface area contributed by atoms with Crippen molar-refractivity contribution in [2.75, 3.05) is 16.6 Å². The van der Waals surface area contributed by atoms with E-state index in [1.54, 1.807) is 25.1 Å². The number of hydrogen-bond donors (Lipinski definition) is 3. The number of nitrogens with one attached hydrogen (secondary N) is 3. The molecule has 2 aromatic carbocycles. The summed E-state index contributed by atoms with van der Waals surface area (Å²) in [6.45, 7) is 2.01. The molecule has 0 aliphatic heterocycles. The Labute approximate surface area is 163 Å². The van der Waals surface area contributed by atoms with Crippen molar-refractivity contribution in [3.8, 4) is 0 Å². The van der Waals surface area contributed by atoms with Gasteiger partial charge in [-0.1, -0.05) is 18.5 Å². The molecule has 0 aliphatic rings. The van der Waals surface area contributed by atoms with E-state index in [0.29, 0.717) is 12.1 Å². The lowest BCUT2D eigenvalue weighted by Crippen LogP contribution is -2.31. The van der Waals surface area contributed by atoms with Gasteiger partial charge in [0.15, 0.2) is 11.6 Å². The molecule has 0 aliphatic carbocycles. The van der Waals surface area contributed by atoms with Gasteiger partial charge in [-0.25, -0.2) is 8.78 Å². The van der Waals surface area contributed by atoms with Gasteiger partial charge < -0.3 is 5.32 Å². The zero-order valence-corrected chi connectivity index (χ0v) is 16.8. The van der Waals surface area contributed by atoms with Gasteiger partial charge in [0, 0.05) is 10.1 Å². The van der Waals surface area contributed by atoms with E-state index in [4.69, 9.17) is 11.6 Å². The topological polar surface area (TPSA) is 70.2 Å². The first-order valence-corrected chi connectivity index (χ1v) is 10.1. The maximum atomic E-state index is 14.2. The van der Waals surface area contributed by atoms with E-state index in [2.05, 4.69) is 37.4 Å². The average Bonchev–Trinajstić information content (AvgIpc) is 2.54. The highest BCUT2D eigenvalue weighted by atomic mass is 127. The van der Waals surface area contributed by atoms with Crippen molar-refractivity contribution in [1.82, 2.24) is 4.72 Å². The molecule has 0 amide bonds. The van der Waals surface area contributed by atoms with Crippen molar-refractivity contribution in [3.63, 3.8) is 0 Å². The lowest BCUT2D eigenvalue weighted by Gasteiger charge is -2.16. The minimum absolute atomic E-state index is 0.142. The van der Waals surface area contributed by atoms with Crippen molar-refractivity contribution < 1.29 is 17.2 Å². The molecule has 2 rings (SSSR count). The molecule has 0 saturated carbocycles. The summed E-state index contributed by atoms with van der Waals surface area (Å²) in [5.74, 6) is -2.33. The summed E-state index contributed by atoms with van der Waals surface area (Å²) in [6, 6.07) is 6.91. The zero-order chi connectivity index (χ0) is 18.6. The van der Waals surface area contributed by atoms with Gasteiger partial charge in [-0.2, -0.15) is 13.1 Å². The van der Waals surface area contributed by atoms with Crippen molar-refractivity contribution in [2.45, 2.75) is 13.3 Å². The molecule has 0 saturated heterocycles. The van der Waals surface area contributed by atoms with E-state index in [1.807, 2.05) is 0 Å². The molecule has 0 fully saturated rings. The van der Waals surface area contributed by atoms with Gasteiger partial charge in [0.2, 0.25) is 0 Å². The van der Waals surface area contributed by atoms with Gasteiger partial charge in [-0.3, -0.25) is 4.72 Å². The van der Waals surface area contributed by atoms with Crippen LogP contribution >= 0.6 is 34.2 Å². The Morgan fingerprint density at radius 1 is 1.16 bits per heavy atom. The third-order valence-corrected chi connectivity index (χ3v) is 5.13. The van der Waals surface area contributed by atoms with E-state index >= 15 is 0 Å². The molecule has 5 nitrogen and oxygen atoms in total. The zero-order valence-electron chi connectivity index (χ0n) is 13.0. The molecule has 10 heteroatoms. The number of anilines is 3. The van der Waals surface area contributed by atoms with Gasteiger partial charge in [-0.05, 0) is 59.3 Å². The van der Waals surface area contributed by atoms with E-state index in [-0.39, 0.29) is 22.9 Å². The predicted octanol–water partition coefficient (Wildman–Crippen LogP) is 4.62. The fourth-order valence-electron chi connectivity index (χ4n) is 1.90. The van der Waals surface area contributed by atoms with Gasteiger partial charge in [0.25, 0.3) is 10.2 Å². The minimum atomic E-state index is -3.92.